The number of anilines is 2. The lowest BCUT2D eigenvalue weighted by atomic mass is 10.0. The van der Waals surface area contributed by atoms with Gasteiger partial charge < -0.3 is 0 Å². The van der Waals surface area contributed by atoms with Gasteiger partial charge in [0.2, 0.25) is 0 Å². The second-order valence-electron chi connectivity index (χ2n) is 6.39. The Hall–Kier alpha value is -4.25. The number of hydrogen-bond donors (Lipinski definition) is 1. The molecule has 150 valence electrons. The number of carbonyl (C=O) groups is 1. The van der Waals surface area contributed by atoms with Crippen LogP contribution in [0, 0.1) is 31.9 Å². The van der Waals surface area contributed by atoms with Crippen LogP contribution in [0.5, 0.6) is 0 Å². The molecule has 11 heteroatoms. The van der Waals surface area contributed by atoms with E-state index in [2.05, 4.69) is 0 Å². The molecule has 0 radical (unpaired) electrons. The number of non-ortho nitro benzene ring substituents is 1. The number of carbonyl (C=O) groups excluding carboxylic acids is 1. The largest absolute Gasteiger partial charge is 0.301 e. The van der Waals surface area contributed by atoms with Crippen molar-refractivity contribution in [1.82, 2.24) is 0 Å². The molecule has 0 bridgehead atoms. The van der Waals surface area contributed by atoms with Crippen molar-refractivity contribution in [3.05, 3.63) is 91.5 Å². The van der Waals surface area contributed by atoms with E-state index in [1.54, 1.807) is 0 Å². The van der Waals surface area contributed by atoms with Gasteiger partial charge in [-0.1, -0.05) is 12.1 Å². The first-order chi connectivity index (χ1) is 14.2. The number of rotatable bonds is 4. The van der Waals surface area contributed by atoms with Gasteiger partial charge in [-0.05, 0) is 35.4 Å². The second-order valence-corrected chi connectivity index (χ2v) is 6.39. The van der Waals surface area contributed by atoms with E-state index in [4.69, 9.17) is 5.84 Å². The third-order valence-electron chi connectivity index (χ3n) is 4.74. The molecule has 9 nitrogen and oxygen atoms in total. The molecule has 0 atom stereocenters. The molecule has 0 saturated carbocycles. The van der Waals surface area contributed by atoms with Crippen molar-refractivity contribution >= 4 is 28.5 Å². The Morgan fingerprint density at radius 1 is 0.867 bits per heavy atom. The van der Waals surface area contributed by atoms with Gasteiger partial charge in [0.1, 0.15) is 23.0 Å². The summed E-state index contributed by atoms with van der Waals surface area (Å²) in [6.07, 6.45) is 0. The first-order valence-electron chi connectivity index (χ1n) is 8.35. The normalized spacial score (nSPS) is 11.8. The van der Waals surface area contributed by atoms with Crippen LogP contribution in [0.1, 0.15) is 15.9 Å². The highest BCUT2D eigenvalue weighted by Crippen LogP contribution is 2.45. The Labute approximate surface area is 166 Å². The average molecular weight is 412 g/mol. The Morgan fingerprint density at radius 3 is 2.23 bits per heavy atom. The van der Waals surface area contributed by atoms with Gasteiger partial charge >= 0.3 is 5.69 Å². The number of hydrogen-bond acceptors (Lipinski definition) is 7. The maximum Gasteiger partial charge on any atom is 0.301 e. The first-order valence-corrected chi connectivity index (χ1v) is 8.35. The van der Waals surface area contributed by atoms with Gasteiger partial charge in [-0.3, -0.25) is 30.0 Å². The topological polar surface area (TPSA) is 133 Å². The third-order valence-corrected chi connectivity index (χ3v) is 4.74. The van der Waals surface area contributed by atoms with Crippen molar-refractivity contribution < 1.29 is 23.4 Å². The van der Waals surface area contributed by atoms with Crippen molar-refractivity contribution in [3.8, 4) is 11.1 Å². The minimum atomic E-state index is -0.953. The molecule has 0 heterocycles. The highest BCUT2D eigenvalue weighted by atomic mass is 19.1. The Balaban J connectivity index is 1.93. The van der Waals surface area contributed by atoms with Crippen molar-refractivity contribution in [1.29, 1.82) is 0 Å². The lowest BCUT2D eigenvalue weighted by molar-refractivity contribution is -0.393. The summed E-state index contributed by atoms with van der Waals surface area (Å²) in [5.41, 5.74) is -1.68. The van der Waals surface area contributed by atoms with Gasteiger partial charge in [-0.2, -0.15) is 0 Å². The monoisotopic (exact) mass is 412 g/mol. The fraction of sp³-hybridized carbons (Fsp3) is 0. The quantitative estimate of drug-likeness (QED) is 0.304. The van der Waals surface area contributed by atoms with Crippen molar-refractivity contribution in [2.75, 3.05) is 5.01 Å². The third kappa shape index (κ3) is 2.76. The molecule has 4 rings (SSSR count). The summed E-state index contributed by atoms with van der Waals surface area (Å²) in [6, 6.07) is 8.51. The molecule has 1 aliphatic carbocycles. The van der Waals surface area contributed by atoms with Gasteiger partial charge in [-0.25, -0.2) is 14.6 Å². The van der Waals surface area contributed by atoms with E-state index in [-0.39, 0.29) is 22.4 Å². The Kier molecular flexibility index (Phi) is 4.24. The summed E-state index contributed by atoms with van der Waals surface area (Å²) in [4.78, 5) is 33.5. The SMILES string of the molecule is NN(c1ccc([N+](=O)[O-])cc1[N+](=O)[O-])c1c(F)ccc2c1C(=O)c1cc(F)ccc1-2. The zero-order chi connectivity index (χ0) is 21.7. The highest BCUT2D eigenvalue weighted by molar-refractivity contribution is 6.24. The van der Waals surface area contributed by atoms with Crippen molar-refractivity contribution in [2.24, 2.45) is 5.84 Å². The number of nitro groups is 2. The van der Waals surface area contributed by atoms with Gasteiger partial charge in [-0.15, -0.1) is 0 Å². The van der Waals surface area contributed by atoms with Gasteiger partial charge in [0, 0.05) is 11.6 Å². The van der Waals surface area contributed by atoms with E-state index in [1.807, 2.05) is 0 Å². The standard InChI is InChI=1S/C19H10F2N4O5/c20-9-1-3-11-12-4-5-14(21)18(17(12)19(26)13(11)7-9)23(22)15-6-2-10(24(27)28)8-16(15)25(29)30/h1-8H,22H2. The Morgan fingerprint density at radius 2 is 1.57 bits per heavy atom. The van der Waals surface area contributed by atoms with E-state index < -0.39 is 44.3 Å². The molecule has 3 aromatic rings. The number of nitro benzene ring substituents is 2. The molecule has 30 heavy (non-hydrogen) atoms. The van der Waals surface area contributed by atoms with E-state index in [0.29, 0.717) is 16.6 Å². The number of nitrogens with zero attached hydrogens (tertiary/aromatic N) is 3. The molecular formula is C19H10F2N4O5. The molecule has 0 saturated heterocycles. The van der Waals surface area contributed by atoms with Crippen molar-refractivity contribution in [3.63, 3.8) is 0 Å². The second kappa shape index (κ2) is 6.67. The number of benzene rings is 3. The average Bonchev–Trinajstić information content (AvgIpc) is 2.98. The molecule has 0 aromatic heterocycles. The highest BCUT2D eigenvalue weighted by Gasteiger charge is 2.35. The number of halogens is 2. The lowest BCUT2D eigenvalue weighted by Gasteiger charge is -2.21. The van der Waals surface area contributed by atoms with Gasteiger partial charge in [0.05, 0.1) is 21.5 Å². The summed E-state index contributed by atoms with van der Waals surface area (Å²) in [7, 11) is 0. The fourth-order valence-corrected chi connectivity index (χ4v) is 3.43. The molecule has 3 aromatic carbocycles. The summed E-state index contributed by atoms with van der Waals surface area (Å²) in [5, 5.41) is 23.0. The van der Waals surface area contributed by atoms with Crippen molar-refractivity contribution in [2.45, 2.75) is 0 Å². The minimum absolute atomic E-state index is 0.00319. The predicted octanol–water partition coefficient (Wildman–Crippen LogP) is 4.00. The molecule has 0 aliphatic heterocycles. The number of ketones is 1. The first kappa shape index (κ1) is 19.1. The molecular weight excluding hydrogens is 402 g/mol. The van der Waals surface area contributed by atoms with Crippen LogP contribution >= 0.6 is 0 Å². The smallest absolute Gasteiger partial charge is 0.288 e. The van der Waals surface area contributed by atoms with Crippen LogP contribution in [-0.2, 0) is 0 Å². The summed E-state index contributed by atoms with van der Waals surface area (Å²) in [5.74, 6) is 3.66. The molecule has 0 amide bonds. The maximum absolute atomic E-state index is 14.8. The van der Waals surface area contributed by atoms with E-state index >= 15 is 0 Å². The van der Waals surface area contributed by atoms with Gasteiger partial charge in [0.15, 0.2) is 5.78 Å². The molecule has 0 spiro atoms. The summed E-state index contributed by atoms with van der Waals surface area (Å²) >= 11 is 0. The van der Waals surface area contributed by atoms with Crippen LogP contribution in [0.25, 0.3) is 11.1 Å². The molecule has 2 N–H and O–H groups in total. The number of nitrogens with two attached hydrogens (primary N) is 1. The number of hydrazine groups is 1. The zero-order valence-corrected chi connectivity index (χ0v) is 14.8. The van der Waals surface area contributed by atoms with E-state index in [9.17, 15) is 33.8 Å². The van der Waals surface area contributed by atoms with Crippen LogP contribution < -0.4 is 10.9 Å². The van der Waals surface area contributed by atoms with Crippen LogP contribution in [0.2, 0.25) is 0 Å². The van der Waals surface area contributed by atoms with Crippen LogP contribution in [0.15, 0.2) is 48.5 Å². The fourth-order valence-electron chi connectivity index (χ4n) is 3.43. The zero-order valence-electron chi connectivity index (χ0n) is 14.8. The summed E-state index contributed by atoms with van der Waals surface area (Å²) < 4.78 is 28.4. The lowest BCUT2D eigenvalue weighted by Crippen LogP contribution is -2.28. The minimum Gasteiger partial charge on any atom is -0.288 e. The molecule has 0 fully saturated rings. The van der Waals surface area contributed by atoms with Crippen LogP contribution in [0.4, 0.5) is 31.5 Å². The van der Waals surface area contributed by atoms with Gasteiger partial charge in [0.25, 0.3) is 5.69 Å². The Bertz CT molecular complexity index is 1280. The maximum atomic E-state index is 14.8. The predicted molar refractivity (Wildman–Crippen MR) is 101 cm³/mol. The van der Waals surface area contributed by atoms with Crippen LogP contribution in [-0.4, -0.2) is 15.6 Å². The van der Waals surface area contributed by atoms with E-state index in [0.717, 1.165) is 30.3 Å². The summed E-state index contributed by atoms with van der Waals surface area (Å²) in [6.45, 7) is 0. The van der Waals surface area contributed by atoms with Crippen LogP contribution in [0.3, 0.4) is 0 Å². The number of fused-ring (bicyclic) bond motifs is 3. The molecule has 0 unspecified atom stereocenters. The van der Waals surface area contributed by atoms with E-state index in [1.165, 1.54) is 12.1 Å². The molecule has 1 aliphatic rings.